The van der Waals surface area contributed by atoms with E-state index in [0.29, 0.717) is 0 Å². The molecular weight excluding hydrogens is 671 g/mol. The molecule has 0 bridgehead atoms. The summed E-state index contributed by atoms with van der Waals surface area (Å²) in [5, 5.41) is 4.79. The first-order valence-corrected chi connectivity index (χ1v) is 18.6. The van der Waals surface area contributed by atoms with Crippen LogP contribution >= 0.6 is 0 Å². The number of benzene rings is 8. The molecular formula is C51H37N3O. The Bertz CT molecular complexity index is 2820. The minimum Gasteiger partial charge on any atom is -0.497 e. The average molecular weight is 708 g/mol. The lowest BCUT2D eigenvalue weighted by molar-refractivity contribution is 0.415. The van der Waals surface area contributed by atoms with E-state index in [1.165, 1.54) is 32.6 Å². The lowest BCUT2D eigenvalue weighted by Gasteiger charge is -2.27. The van der Waals surface area contributed by atoms with Crippen molar-refractivity contribution < 1.29 is 4.74 Å². The zero-order valence-corrected chi connectivity index (χ0v) is 30.4. The van der Waals surface area contributed by atoms with Gasteiger partial charge in [-0.3, -0.25) is 0 Å². The summed E-state index contributed by atoms with van der Waals surface area (Å²) in [7, 11) is 1.71. The number of ether oxygens (including phenoxy) is 1. The quantitative estimate of drug-likeness (QED) is 0.157. The van der Waals surface area contributed by atoms with Crippen LogP contribution in [0.2, 0.25) is 0 Å². The highest BCUT2D eigenvalue weighted by molar-refractivity contribution is 5.94. The number of fused-ring (bicyclic) bond motifs is 3. The van der Waals surface area contributed by atoms with E-state index < -0.39 is 0 Å². The summed E-state index contributed by atoms with van der Waals surface area (Å²) in [4.78, 5) is 2.35. The second-order valence-corrected chi connectivity index (χ2v) is 13.9. The van der Waals surface area contributed by atoms with Crippen molar-refractivity contribution in [3.63, 3.8) is 0 Å². The van der Waals surface area contributed by atoms with Crippen LogP contribution in [0.1, 0.15) is 0 Å². The van der Waals surface area contributed by atoms with Crippen LogP contribution in [0.5, 0.6) is 5.75 Å². The molecule has 262 valence electrons. The first-order valence-electron chi connectivity index (χ1n) is 18.6. The van der Waals surface area contributed by atoms with Crippen LogP contribution < -0.4 is 9.64 Å². The van der Waals surface area contributed by atoms with E-state index in [1.54, 1.807) is 7.11 Å². The van der Waals surface area contributed by atoms with Gasteiger partial charge in [-0.05, 0) is 148 Å². The number of para-hydroxylation sites is 2. The van der Waals surface area contributed by atoms with E-state index >= 15 is 0 Å². The van der Waals surface area contributed by atoms with Gasteiger partial charge in [0, 0.05) is 51.6 Å². The molecule has 8 aromatic carbocycles. The summed E-state index contributed by atoms with van der Waals surface area (Å²) in [6, 6.07) is 69.6. The third-order valence-corrected chi connectivity index (χ3v) is 10.6. The molecule has 0 aliphatic carbocycles. The van der Waals surface area contributed by atoms with Gasteiger partial charge in [-0.2, -0.15) is 0 Å². The van der Waals surface area contributed by atoms with Gasteiger partial charge in [0.05, 0.1) is 18.1 Å². The summed E-state index contributed by atoms with van der Waals surface area (Å²) in [6.07, 6.45) is 4.32. The molecule has 55 heavy (non-hydrogen) atoms. The molecule has 10 aromatic rings. The van der Waals surface area contributed by atoms with E-state index in [9.17, 15) is 0 Å². The molecule has 4 heteroatoms. The zero-order chi connectivity index (χ0) is 36.7. The second-order valence-electron chi connectivity index (χ2n) is 13.9. The molecule has 4 nitrogen and oxygen atoms in total. The molecule has 0 unspecified atom stereocenters. The maximum absolute atomic E-state index is 5.58. The minimum absolute atomic E-state index is 0.822. The number of hydrogen-bond acceptors (Lipinski definition) is 2. The van der Waals surface area contributed by atoms with Crippen LogP contribution in [-0.2, 0) is 0 Å². The SMILES string of the molecule is COc1ccc(N(c2cc(-c3ccc4c(ccn4-c4ccccc4)c3)cc(-c3ccc4c(ccn4-c4ccccc4)c3)c2)c2ccc3ccccc3c2)cc1. The molecule has 0 saturated carbocycles. The van der Waals surface area contributed by atoms with Crippen molar-refractivity contribution in [3.8, 4) is 39.4 Å². The fraction of sp³-hybridized carbons (Fsp3) is 0.0196. The zero-order valence-electron chi connectivity index (χ0n) is 30.4. The van der Waals surface area contributed by atoms with Crippen LogP contribution in [-0.4, -0.2) is 16.2 Å². The molecule has 0 spiro atoms. The summed E-state index contributed by atoms with van der Waals surface area (Å²) in [5.41, 5.74) is 12.4. The normalized spacial score (nSPS) is 11.4. The third-order valence-electron chi connectivity index (χ3n) is 10.6. The monoisotopic (exact) mass is 707 g/mol. The van der Waals surface area contributed by atoms with Gasteiger partial charge in [0.2, 0.25) is 0 Å². The van der Waals surface area contributed by atoms with E-state index in [2.05, 4.69) is 208 Å². The Hall–Kier alpha value is -7.30. The van der Waals surface area contributed by atoms with Crippen molar-refractivity contribution in [1.29, 1.82) is 0 Å². The number of methoxy groups -OCH3 is 1. The van der Waals surface area contributed by atoms with E-state index in [4.69, 9.17) is 4.74 Å². The van der Waals surface area contributed by atoms with Crippen molar-refractivity contribution in [2.45, 2.75) is 0 Å². The largest absolute Gasteiger partial charge is 0.497 e. The van der Waals surface area contributed by atoms with E-state index in [1.807, 2.05) is 12.1 Å². The number of aromatic nitrogens is 2. The highest BCUT2D eigenvalue weighted by atomic mass is 16.5. The second kappa shape index (κ2) is 13.6. The van der Waals surface area contributed by atoms with Crippen LogP contribution in [0.25, 0.3) is 66.2 Å². The molecule has 0 atom stereocenters. The highest BCUT2D eigenvalue weighted by Crippen LogP contribution is 2.42. The van der Waals surface area contributed by atoms with E-state index in [-0.39, 0.29) is 0 Å². The van der Waals surface area contributed by atoms with Crippen LogP contribution in [0.3, 0.4) is 0 Å². The van der Waals surface area contributed by atoms with Crippen molar-refractivity contribution >= 4 is 49.6 Å². The molecule has 0 N–H and O–H groups in total. The fourth-order valence-electron chi connectivity index (χ4n) is 7.84. The molecule has 0 aliphatic heterocycles. The summed E-state index contributed by atoms with van der Waals surface area (Å²) < 4.78 is 10.1. The molecule has 10 rings (SSSR count). The lowest BCUT2D eigenvalue weighted by Crippen LogP contribution is -2.10. The molecule has 2 aromatic heterocycles. The van der Waals surface area contributed by atoms with Gasteiger partial charge in [-0.1, -0.05) is 78.9 Å². The molecule has 0 fully saturated rings. The van der Waals surface area contributed by atoms with E-state index in [0.717, 1.165) is 56.4 Å². The average Bonchev–Trinajstić information content (AvgIpc) is 3.89. The number of rotatable bonds is 8. The maximum atomic E-state index is 5.58. The Kier molecular flexibility index (Phi) is 8.00. The predicted octanol–water partition coefficient (Wildman–Crippen LogP) is 13.5. The van der Waals surface area contributed by atoms with Gasteiger partial charge in [-0.25, -0.2) is 0 Å². The van der Waals surface area contributed by atoms with Gasteiger partial charge in [0.25, 0.3) is 0 Å². The molecule has 0 aliphatic rings. The highest BCUT2D eigenvalue weighted by Gasteiger charge is 2.18. The number of anilines is 3. The lowest BCUT2D eigenvalue weighted by atomic mass is 9.96. The Balaban J connectivity index is 1.16. The van der Waals surface area contributed by atoms with Crippen molar-refractivity contribution in [2.75, 3.05) is 12.0 Å². The maximum Gasteiger partial charge on any atom is 0.119 e. The number of nitrogens with zero attached hydrogens (tertiary/aromatic N) is 3. The topological polar surface area (TPSA) is 22.3 Å². The first kappa shape index (κ1) is 32.4. The van der Waals surface area contributed by atoms with Gasteiger partial charge >= 0.3 is 0 Å². The molecule has 0 saturated heterocycles. The smallest absolute Gasteiger partial charge is 0.119 e. The number of hydrogen-bond donors (Lipinski definition) is 0. The Morgan fingerprint density at radius 1 is 0.364 bits per heavy atom. The Labute approximate surface area is 320 Å². The van der Waals surface area contributed by atoms with Crippen LogP contribution in [0.15, 0.2) is 207 Å². The van der Waals surface area contributed by atoms with Crippen molar-refractivity contribution in [3.05, 3.63) is 207 Å². The Morgan fingerprint density at radius 3 is 1.45 bits per heavy atom. The Morgan fingerprint density at radius 2 is 0.891 bits per heavy atom. The van der Waals surface area contributed by atoms with Crippen LogP contribution in [0, 0.1) is 0 Å². The molecule has 2 heterocycles. The third kappa shape index (κ3) is 6.00. The molecule has 0 amide bonds. The predicted molar refractivity (Wildman–Crippen MR) is 230 cm³/mol. The first-order chi connectivity index (χ1) is 27.2. The fourth-order valence-corrected chi connectivity index (χ4v) is 7.84. The summed E-state index contributed by atoms with van der Waals surface area (Å²) in [5.74, 6) is 0.822. The standard InChI is InChI=1S/C51H37N3O/c1-55-49-22-20-46(21-23-49)54(47-19-16-36-10-8-9-11-37(36)33-47)48-34-42(38-17-24-50-40(30-38)26-28-52(50)44-12-4-2-5-13-44)32-43(35-48)39-18-25-51-41(31-39)27-29-53(51)45-14-6-3-7-15-45/h2-35H,1H3. The van der Waals surface area contributed by atoms with Crippen molar-refractivity contribution in [2.24, 2.45) is 0 Å². The van der Waals surface area contributed by atoms with Crippen LogP contribution in [0.4, 0.5) is 17.1 Å². The summed E-state index contributed by atoms with van der Waals surface area (Å²) in [6.45, 7) is 0. The van der Waals surface area contributed by atoms with Gasteiger partial charge < -0.3 is 18.8 Å². The van der Waals surface area contributed by atoms with Crippen molar-refractivity contribution in [1.82, 2.24) is 9.13 Å². The minimum atomic E-state index is 0.822. The summed E-state index contributed by atoms with van der Waals surface area (Å²) >= 11 is 0. The van der Waals surface area contributed by atoms with Gasteiger partial charge in [-0.15, -0.1) is 0 Å². The molecule has 0 radical (unpaired) electrons. The van der Waals surface area contributed by atoms with Gasteiger partial charge in [0.1, 0.15) is 5.75 Å². The van der Waals surface area contributed by atoms with Gasteiger partial charge in [0.15, 0.2) is 0 Å².